The average molecular weight is 275 g/mol. The van der Waals surface area contributed by atoms with Crippen LogP contribution in [0.4, 0.5) is 0 Å². The summed E-state index contributed by atoms with van der Waals surface area (Å²) in [5.74, 6) is -0.242. The van der Waals surface area contributed by atoms with Crippen molar-refractivity contribution in [2.45, 2.75) is 58.6 Å². The van der Waals surface area contributed by atoms with Gasteiger partial charge in [-0.2, -0.15) is 0 Å². The maximum atomic E-state index is 12.3. The summed E-state index contributed by atoms with van der Waals surface area (Å²) in [5, 5.41) is 0. The Morgan fingerprint density at radius 3 is 2.55 bits per heavy atom. The molecule has 0 aromatic heterocycles. The van der Waals surface area contributed by atoms with Gasteiger partial charge in [0.15, 0.2) is 5.54 Å². The molecule has 0 aliphatic rings. The van der Waals surface area contributed by atoms with Crippen molar-refractivity contribution in [1.29, 1.82) is 0 Å². The Labute approximate surface area is 122 Å². The molecule has 0 saturated carbocycles. The van der Waals surface area contributed by atoms with Gasteiger partial charge in [-0.25, -0.2) is 4.79 Å². The standard InChI is InChI=1S/C17H25NO2/c1-5-6-12-17(4,16(19)20-14(2)3)18-13-15-10-8-7-9-11-15/h7-11,13-14H,5-6,12H2,1-4H3/b18-13+. The largest absolute Gasteiger partial charge is 0.461 e. The Morgan fingerprint density at radius 1 is 1.35 bits per heavy atom. The number of nitrogens with zero attached hydrogens (tertiary/aromatic N) is 1. The topological polar surface area (TPSA) is 38.7 Å². The summed E-state index contributed by atoms with van der Waals surface area (Å²) < 4.78 is 5.35. The third-order valence-corrected chi connectivity index (χ3v) is 3.10. The van der Waals surface area contributed by atoms with Gasteiger partial charge in [-0.3, -0.25) is 4.99 Å². The second kappa shape index (κ2) is 7.83. The predicted molar refractivity (Wildman–Crippen MR) is 83.2 cm³/mol. The van der Waals surface area contributed by atoms with Crippen molar-refractivity contribution < 1.29 is 9.53 Å². The van der Waals surface area contributed by atoms with Gasteiger partial charge in [-0.1, -0.05) is 50.1 Å². The smallest absolute Gasteiger partial charge is 0.333 e. The molecule has 0 aliphatic carbocycles. The Bertz CT molecular complexity index is 440. The van der Waals surface area contributed by atoms with E-state index in [1.807, 2.05) is 51.1 Å². The molecule has 0 saturated heterocycles. The minimum atomic E-state index is -0.796. The van der Waals surface area contributed by atoms with E-state index in [0.717, 1.165) is 18.4 Å². The third kappa shape index (κ3) is 5.16. The third-order valence-electron chi connectivity index (χ3n) is 3.10. The summed E-state index contributed by atoms with van der Waals surface area (Å²) in [7, 11) is 0. The van der Waals surface area contributed by atoms with Crippen LogP contribution >= 0.6 is 0 Å². The average Bonchev–Trinajstić information content (AvgIpc) is 2.43. The van der Waals surface area contributed by atoms with E-state index in [4.69, 9.17) is 4.74 Å². The van der Waals surface area contributed by atoms with Gasteiger partial charge in [0.2, 0.25) is 0 Å². The summed E-state index contributed by atoms with van der Waals surface area (Å²) >= 11 is 0. The lowest BCUT2D eigenvalue weighted by Gasteiger charge is -2.24. The highest BCUT2D eigenvalue weighted by Gasteiger charge is 2.33. The van der Waals surface area contributed by atoms with E-state index >= 15 is 0 Å². The molecule has 3 nitrogen and oxygen atoms in total. The van der Waals surface area contributed by atoms with Gasteiger partial charge < -0.3 is 4.74 Å². The van der Waals surface area contributed by atoms with E-state index in [1.54, 1.807) is 6.21 Å². The minimum absolute atomic E-state index is 0.115. The van der Waals surface area contributed by atoms with Gasteiger partial charge in [0.05, 0.1) is 6.10 Å². The highest BCUT2D eigenvalue weighted by atomic mass is 16.5. The molecule has 1 atom stereocenters. The van der Waals surface area contributed by atoms with E-state index in [2.05, 4.69) is 11.9 Å². The summed E-state index contributed by atoms with van der Waals surface area (Å²) in [5.41, 5.74) is 0.198. The van der Waals surface area contributed by atoms with Crippen LogP contribution in [0.1, 0.15) is 52.5 Å². The molecule has 1 aromatic rings. The van der Waals surface area contributed by atoms with Crippen LogP contribution in [0, 0.1) is 0 Å². The number of aliphatic imine (C=N–C) groups is 1. The Kier molecular flexibility index (Phi) is 6.43. The van der Waals surface area contributed by atoms with Gasteiger partial charge in [0, 0.05) is 6.21 Å². The molecule has 20 heavy (non-hydrogen) atoms. The van der Waals surface area contributed by atoms with Gasteiger partial charge in [-0.15, -0.1) is 0 Å². The number of hydrogen-bond donors (Lipinski definition) is 0. The van der Waals surface area contributed by atoms with E-state index in [1.165, 1.54) is 0 Å². The molecule has 1 rings (SSSR count). The number of ether oxygens (including phenoxy) is 1. The Balaban J connectivity index is 2.87. The van der Waals surface area contributed by atoms with E-state index in [9.17, 15) is 4.79 Å². The second-order valence-corrected chi connectivity index (χ2v) is 5.50. The van der Waals surface area contributed by atoms with Crippen LogP contribution in [0.25, 0.3) is 0 Å². The first-order valence-corrected chi connectivity index (χ1v) is 7.29. The lowest BCUT2D eigenvalue weighted by Crippen LogP contribution is -2.36. The van der Waals surface area contributed by atoms with Crippen LogP contribution in [-0.2, 0) is 9.53 Å². The van der Waals surface area contributed by atoms with E-state index in [0.29, 0.717) is 6.42 Å². The van der Waals surface area contributed by atoms with Crippen LogP contribution in [0.15, 0.2) is 35.3 Å². The van der Waals surface area contributed by atoms with Crippen molar-refractivity contribution >= 4 is 12.2 Å². The number of carbonyl (C=O) groups is 1. The zero-order valence-electron chi connectivity index (χ0n) is 12.9. The summed E-state index contributed by atoms with van der Waals surface area (Å²) in [4.78, 5) is 16.8. The van der Waals surface area contributed by atoms with E-state index in [-0.39, 0.29) is 12.1 Å². The number of hydrogen-bond acceptors (Lipinski definition) is 3. The summed E-state index contributed by atoms with van der Waals surface area (Å²) in [6.45, 7) is 7.68. The molecule has 3 heteroatoms. The number of carbonyl (C=O) groups excluding carboxylic acids is 1. The van der Waals surface area contributed by atoms with Gasteiger partial charge in [0.1, 0.15) is 0 Å². The maximum absolute atomic E-state index is 12.3. The number of rotatable bonds is 7. The maximum Gasteiger partial charge on any atom is 0.333 e. The first-order valence-electron chi connectivity index (χ1n) is 7.29. The molecule has 0 fully saturated rings. The molecule has 0 amide bonds. The van der Waals surface area contributed by atoms with Gasteiger partial charge in [-0.05, 0) is 32.8 Å². The fraction of sp³-hybridized carbons (Fsp3) is 0.529. The Morgan fingerprint density at radius 2 is 2.00 bits per heavy atom. The highest BCUT2D eigenvalue weighted by Crippen LogP contribution is 2.21. The van der Waals surface area contributed by atoms with Gasteiger partial charge in [0.25, 0.3) is 0 Å². The Hall–Kier alpha value is -1.64. The first-order chi connectivity index (χ1) is 9.48. The first kappa shape index (κ1) is 16.4. The molecule has 1 unspecified atom stereocenters. The summed E-state index contributed by atoms with van der Waals surface area (Å²) in [6.07, 6.45) is 4.34. The molecule has 0 radical (unpaired) electrons. The summed E-state index contributed by atoms with van der Waals surface area (Å²) in [6, 6.07) is 9.81. The normalized spacial score (nSPS) is 14.4. The highest BCUT2D eigenvalue weighted by molar-refractivity contribution is 5.86. The molecular formula is C17H25NO2. The van der Waals surface area contributed by atoms with Crippen LogP contribution in [0.2, 0.25) is 0 Å². The molecule has 1 aromatic carbocycles. The zero-order valence-corrected chi connectivity index (χ0v) is 12.9. The SMILES string of the molecule is CCCCC(C)(/N=C/c1ccccc1)C(=O)OC(C)C. The van der Waals surface area contributed by atoms with Crippen molar-refractivity contribution in [2.24, 2.45) is 4.99 Å². The number of unbranched alkanes of at least 4 members (excludes halogenated alkanes) is 1. The lowest BCUT2D eigenvalue weighted by molar-refractivity contribution is -0.153. The molecular weight excluding hydrogens is 250 g/mol. The molecule has 0 heterocycles. The quantitative estimate of drug-likeness (QED) is 0.557. The number of esters is 1. The van der Waals surface area contributed by atoms with E-state index < -0.39 is 5.54 Å². The van der Waals surface area contributed by atoms with Crippen LogP contribution in [-0.4, -0.2) is 23.8 Å². The lowest BCUT2D eigenvalue weighted by atomic mass is 9.95. The van der Waals surface area contributed by atoms with Crippen molar-refractivity contribution in [2.75, 3.05) is 0 Å². The van der Waals surface area contributed by atoms with Crippen molar-refractivity contribution in [3.8, 4) is 0 Å². The minimum Gasteiger partial charge on any atom is -0.461 e. The second-order valence-electron chi connectivity index (χ2n) is 5.50. The predicted octanol–water partition coefficient (Wildman–Crippen LogP) is 4.01. The van der Waals surface area contributed by atoms with Crippen LogP contribution < -0.4 is 0 Å². The monoisotopic (exact) mass is 275 g/mol. The van der Waals surface area contributed by atoms with Gasteiger partial charge >= 0.3 is 5.97 Å². The molecule has 0 bridgehead atoms. The molecule has 0 aliphatic heterocycles. The fourth-order valence-electron chi connectivity index (χ4n) is 1.84. The zero-order chi connectivity index (χ0) is 15.0. The van der Waals surface area contributed by atoms with Crippen LogP contribution in [0.3, 0.4) is 0 Å². The van der Waals surface area contributed by atoms with Crippen molar-refractivity contribution in [3.05, 3.63) is 35.9 Å². The molecule has 0 spiro atoms. The molecule has 110 valence electrons. The van der Waals surface area contributed by atoms with Crippen LogP contribution in [0.5, 0.6) is 0 Å². The van der Waals surface area contributed by atoms with Crippen molar-refractivity contribution in [1.82, 2.24) is 0 Å². The van der Waals surface area contributed by atoms with Crippen molar-refractivity contribution in [3.63, 3.8) is 0 Å². The number of benzene rings is 1. The fourth-order valence-corrected chi connectivity index (χ4v) is 1.84. The molecule has 0 N–H and O–H groups in total.